The molecule has 0 saturated heterocycles. The van der Waals surface area contributed by atoms with Gasteiger partial charge in [0.1, 0.15) is 0 Å². The van der Waals surface area contributed by atoms with Crippen LogP contribution in [0.25, 0.3) is 0 Å². The Hall–Kier alpha value is 0.130. The third-order valence-corrected chi connectivity index (χ3v) is 5.46. The lowest BCUT2D eigenvalue weighted by Gasteiger charge is -2.18. The Bertz CT molecular complexity index is 568. The molecule has 0 spiro atoms. The molecule has 1 heterocycles. The minimum absolute atomic E-state index is 0.0926. The van der Waals surface area contributed by atoms with E-state index in [0.717, 1.165) is 18.2 Å². The second-order valence-electron chi connectivity index (χ2n) is 4.03. The van der Waals surface area contributed by atoms with Crippen LogP contribution in [0.5, 0.6) is 0 Å². The van der Waals surface area contributed by atoms with Crippen LogP contribution in [0.2, 0.25) is 5.02 Å². The summed E-state index contributed by atoms with van der Waals surface area (Å²) in [5, 5.41) is 4.12. The van der Waals surface area contributed by atoms with Crippen LogP contribution in [0, 0.1) is 6.92 Å². The maximum atomic E-state index is 6.35. The summed E-state index contributed by atoms with van der Waals surface area (Å²) in [7, 11) is 1.94. The van der Waals surface area contributed by atoms with E-state index < -0.39 is 0 Å². The zero-order valence-corrected chi connectivity index (χ0v) is 14.7. The van der Waals surface area contributed by atoms with Crippen LogP contribution >= 0.6 is 54.8 Å². The first-order chi connectivity index (χ1) is 8.52. The Morgan fingerprint density at radius 3 is 2.44 bits per heavy atom. The summed E-state index contributed by atoms with van der Waals surface area (Å²) < 4.78 is 2.22. The summed E-state index contributed by atoms with van der Waals surface area (Å²) in [4.78, 5) is 0. The van der Waals surface area contributed by atoms with Crippen LogP contribution in [0.15, 0.2) is 31.8 Å². The van der Waals surface area contributed by atoms with E-state index in [-0.39, 0.29) is 6.04 Å². The summed E-state index contributed by atoms with van der Waals surface area (Å²) in [6.45, 7) is 2.04. The van der Waals surface area contributed by atoms with E-state index in [0.29, 0.717) is 0 Å². The largest absolute Gasteiger partial charge is 0.309 e. The number of aryl methyl sites for hydroxylation is 1. The quantitative estimate of drug-likeness (QED) is 0.701. The molecule has 1 nitrogen and oxygen atoms in total. The van der Waals surface area contributed by atoms with Crippen molar-refractivity contribution in [2.45, 2.75) is 13.0 Å². The van der Waals surface area contributed by atoms with Gasteiger partial charge in [-0.05, 0) is 74.7 Å². The monoisotopic (exact) mass is 407 g/mol. The summed E-state index contributed by atoms with van der Waals surface area (Å²) in [5.74, 6) is 0. The first-order valence-electron chi connectivity index (χ1n) is 5.41. The molecule has 1 aromatic carbocycles. The standard InChI is InChI=1S/C13H12Br2ClNS/c1-7-3-4-8(10(16)5-7)12(17-2)9-6-11(14)18-13(9)15/h3-6,12,17H,1-2H3. The van der Waals surface area contributed by atoms with Crippen molar-refractivity contribution in [3.05, 3.63) is 53.6 Å². The van der Waals surface area contributed by atoms with Crippen LogP contribution in [-0.2, 0) is 0 Å². The second-order valence-corrected chi connectivity index (χ2v) is 8.18. The van der Waals surface area contributed by atoms with Gasteiger partial charge in [-0.1, -0.05) is 23.7 Å². The smallest absolute Gasteiger partial charge is 0.0761 e. The number of benzene rings is 1. The molecule has 96 valence electrons. The molecule has 1 N–H and O–H groups in total. The third kappa shape index (κ3) is 2.99. The molecule has 0 aliphatic heterocycles. The van der Waals surface area contributed by atoms with Gasteiger partial charge in [0.05, 0.1) is 13.6 Å². The Balaban J connectivity index is 2.48. The van der Waals surface area contributed by atoms with Gasteiger partial charge in [0.25, 0.3) is 0 Å². The number of hydrogen-bond acceptors (Lipinski definition) is 2. The predicted molar refractivity (Wildman–Crippen MR) is 86.8 cm³/mol. The van der Waals surface area contributed by atoms with Crippen molar-refractivity contribution in [2.24, 2.45) is 0 Å². The Labute approximate surface area is 133 Å². The van der Waals surface area contributed by atoms with E-state index in [2.05, 4.69) is 55.4 Å². The molecule has 0 amide bonds. The molecule has 1 unspecified atom stereocenters. The number of rotatable bonds is 3. The normalized spacial score (nSPS) is 12.7. The molecule has 5 heteroatoms. The lowest BCUT2D eigenvalue weighted by Crippen LogP contribution is -2.17. The summed E-state index contributed by atoms with van der Waals surface area (Å²) in [6, 6.07) is 8.37. The molecule has 18 heavy (non-hydrogen) atoms. The van der Waals surface area contributed by atoms with Crippen molar-refractivity contribution >= 4 is 54.8 Å². The third-order valence-electron chi connectivity index (χ3n) is 2.75. The molecule has 1 aromatic heterocycles. The Morgan fingerprint density at radius 1 is 1.22 bits per heavy atom. The molecular formula is C13H12Br2ClNS. The van der Waals surface area contributed by atoms with Gasteiger partial charge in [-0.2, -0.15) is 0 Å². The highest BCUT2D eigenvalue weighted by atomic mass is 79.9. The van der Waals surface area contributed by atoms with E-state index in [1.165, 1.54) is 11.1 Å². The molecule has 0 bridgehead atoms. The summed E-state index contributed by atoms with van der Waals surface area (Å²) in [6.07, 6.45) is 0. The van der Waals surface area contributed by atoms with Gasteiger partial charge < -0.3 is 5.32 Å². The van der Waals surface area contributed by atoms with Gasteiger partial charge in [0, 0.05) is 5.02 Å². The van der Waals surface area contributed by atoms with Crippen LogP contribution in [0.3, 0.4) is 0 Å². The van der Waals surface area contributed by atoms with Crippen molar-refractivity contribution in [2.75, 3.05) is 7.05 Å². The average molecular weight is 410 g/mol. The highest BCUT2D eigenvalue weighted by Gasteiger charge is 2.19. The molecule has 1 atom stereocenters. The van der Waals surface area contributed by atoms with Crippen LogP contribution in [0.4, 0.5) is 0 Å². The molecule has 2 aromatic rings. The highest BCUT2D eigenvalue weighted by Crippen LogP contribution is 2.39. The topological polar surface area (TPSA) is 12.0 Å². The molecule has 0 saturated carbocycles. The van der Waals surface area contributed by atoms with Gasteiger partial charge in [-0.25, -0.2) is 0 Å². The Kier molecular flexibility index (Phi) is 4.89. The first kappa shape index (κ1) is 14.5. The zero-order chi connectivity index (χ0) is 13.3. The molecule has 2 rings (SSSR count). The molecule has 0 fully saturated rings. The maximum absolute atomic E-state index is 6.35. The SMILES string of the molecule is CNC(c1ccc(C)cc1Cl)c1cc(Br)sc1Br. The van der Waals surface area contributed by atoms with Crippen LogP contribution in [0.1, 0.15) is 22.7 Å². The number of thiophene rings is 1. The number of hydrogen-bond donors (Lipinski definition) is 1. The minimum atomic E-state index is 0.0926. The van der Waals surface area contributed by atoms with Crippen molar-refractivity contribution in [1.82, 2.24) is 5.32 Å². The van der Waals surface area contributed by atoms with Crippen molar-refractivity contribution < 1.29 is 0 Å². The predicted octanol–water partition coefficient (Wildman–Crippen LogP) is 5.54. The molecule has 0 radical (unpaired) electrons. The first-order valence-corrected chi connectivity index (χ1v) is 8.19. The van der Waals surface area contributed by atoms with E-state index >= 15 is 0 Å². The van der Waals surface area contributed by atoms with Crippen molar-refractivity contribution in [3.8, 4) is 0 Å². The zero-order valence-electron chi connectivity index (χ0n) is 9.93. The Morgan fingerprint density at radius 2 is 1.94 bits per heavy atom. The van der Waals surface area contributed by atoms with Crippen LogP contribution in [-0.4, -0.2) is 7.05 Å². The number of halogens is 3. The van der Waals surface area contributed by atoms with Gasteiger partial charge in [0.15, 0.2) is 0 Å². The maximum Gasteiger partial charge on any atom is 0.0761 e. The lowest BCUT2D eigenvalue weighted by atomic mass is 10.0. The number of nitrogens with one attached hydrogen (secondary N) is 1. The van der Waals surface area contributed by atoms with Gasteiger partial charge in [0.2, 0.25) is 0 Å². The lowest BCUT2D eigenvalue weighted by molar-refractivity contribution is 0.692. The van der Waals surface area contributed by atoms with Crippen molar-refractivity contribution in [3.63, 3.8) is 0 Å². The van der Waals surface area contributed by atoms with Crippen molar-refractivity contribution in [1.29, 1.82) is 0 Å². The van der Waals surface area contributed by atoms with Gasteiger partial charge in [-0.3, -0.25) is 0 Å². The van der Waals surface area contributed by atoms with E-state index in [1.807, 2.05) is 20.0 Å². The molecule has 0 aliphatic rings. The molecular weight excluding hydrogens is 397 g/mol. The average Bonchev–Trinajstić information content (AvgIpc) is 2.62. The van der Waals surface area contributed by atoms with Crippen LogP contribution < -0.4 is 5.32 Å². The minimum Gasteiger partial charge on any atom is -0.309 e. The fraction of sp³-hybridized carbons (Fsp3) is 0.231. The summed E-state index contributed by atoms with van der Waals surface area (Å²) in [5.41, 5.74) is 3.46. The molecule has 0 aliphatic carbocycles. The second kappa shape index (κ2) is 6.06. The highest BCUT2D eigenvalue weighted by molar-refractivity contribution is 9.12. The van der Waals surface area contributed by atoms with Gasteiger partial charge in [-0.15, -0.1) is 11.3 Å². The fourth-order valence-electron chi connectivity index (χ4n) is 1.89. The summed E-state index contributed by atoms with van der Waals surface area (Å²) >= 11 is 15.1. The fourth-order valence-corrected chi connectivity index (χ4v) is 5.14. The van der Waals surface area contributed by atoms with E-state index in [4.69, 9.17) is 11.6 Å². The van der Waals surface area contributed by atoms with E-state index in [9.17, 15) is 0 Å². The van der Waals surface area contributed by atoms with Gasteiger partial charge >= 0.3 is 0 Å². The van der Waals surface area contributed by atoms with E-state index in [1.54, 1.807) is 11.3 Å².